The molecule has 0 unspecified atom stereocenters. The molecule has 0 fully saturated rings. The Hall–Kier alpha value is -2.26. The van der Waals surface area contributed by atoms with Gasteiger partial charge in [-0.15, -0.1) is 11.3 Å². The van der Waals surface area contributed by atoms with Crippen molar-refractivity contribution < 1.29 is 23.8 Å². The summed E-state index contributed by atoms with van der Waals surface area (Å²) in [5, 5.41) is 4.93. The SMILES string of the molecule is CCOC(=O)Cc1csc(SCC(=O)N[C@H](c2ccc3c(c2)OCCO3)C(C)C)n1. The molecule has 1 aromatic carbocycles. The Morgan fingerprint density at radius 1 is 1.27 bits per heavy atom. The first-order valence-electron chi connectivity index (χ1n) is 9.88. The molecule has 9 heteroatoms. The van der Waals surface area contributed by atoms with Crippen molar-refractivity contribution >= 4 is 35.0 Å². The Balaban J connectivity index is 1.56. The van der Waals surface area contributed by atoms with Gasteiger partial charge in [0.05, 0.1) is 30.5 Å². The Labute approximate surface area is 184 Å². The number of benzene rings is 1. The molecule has 162 valence electrons. The molecule has 1 aromatic heterocycles. The highest BCUT2D eigenvalue weighted by Crippen LogP contribution is 2.34. The summed E-state index contributed by atoms with van der Waals surface area (Å²) >= 11 is 2.78. The lowest BCUT2D eigenvalue weighted by atomic mass is 9.95. The third-order valence-electron chi connectivity index (χ3n) is 4.40. The van der Waals surface area contributed by atoms with Crippen LogP contribution < -0.4 is 14.8 Å². The highest BCUT2D eigenvalue weighted by Gasteiger charge is 2.22. The maximum Gasteiger partial charge on any atom is 0.311 e. The zero-order valence-electron chi connectivity index (χ0n) is 17.3. The third-order valence-corrected chi connectivity index (χ3v) is 6.47. The molecule has 1 aliphatic rings. The molecule has 0 aliphatic carbocycles. The number of thiazole rings is 1. The van der Waals surface area contributed by atoms with Gasteiger partial charge in [-0.25, -0.2) is 4.98 Å². The monoisotopic (exact) mass is 450 g/mol. The van der Waals surface area contributed by atoms with Crippen LogP contribution in [-0.2, 0) is 20.7 Å². The minimum Gasteiger partial charge on any atom is -0.486 e. The number of carbonyl (C=O) groups is 2. The molecule has 3 rings (SSSR count). The van der Waals surface area contributed by atoms with Crippen LogP contribution >= 0.6 is 23.1 Å². The van der Waals surface area contributed by atoms with Gasteiger partial charge in [-0.2, -0.15) is 0 Å². The number of hydrogen-bond acceptors (Lipinski definition) is 8. The zero-order chi connectivity index (χ0) is 21.5. The largest absolute Gasteiger partial charge is 0.486 e. The average Bonchev–Trinajstić information content (AvgIpc) is 3.17. The van der Waals surface area contributed by atoms with Crippen LogP contribution in [-0.4, -0.2) is 42.4 Å². The molecule has 1 aliphatic heterocycles. The number of fused-ring (bicyclic) bond motifs is 1. The molecule has 0 bridgehead atoms. The van der Waals surface area contributed by atoms with E-state index in [4.69, 9.17) is 14.2 Å². The van der Waals surface area contributed by atoms with Crippen molar-refractivity contribution in [2.75, 3.05) is 25.6 Å². The highest BCUT2D eigenvalue weighted by atomic mass is 32.2. The van der Waals surface area contributed by atoms with Gasteiger partial charge in [-0.05, 0) is 30.5 Å². The van der Waals surface area contributed by atoms with E-state index in [9.17, 15) is 9.59 Å². The maximum absolute atomic E-state index is 12.6. The summed E-state index contributed by atoms with van der Waals surface area (Å²) in [7, 11) is 0. The quantitative estimate of drug-likeness (QED) is 0.461. The van der Waals surface area contributed by atoms with E-state index in [2.05, 4.69) is 24.1 Å². The third kappa shape index (κ3) is 6.12. The summed E-state index contributed by atoms with van der Waals surface area (Å²) < 4.78 is 16.9. The van der Waals surface area contributed by atoms with Crippen LogP contribution in [0.2, 0.25) is 0 Å². The van der Waals surface area contributed by atoms with Crippen molar-refractivity contribution in [3.8, 4) is 11.5 Å². The molecule has 0 saturated heterocycles. The van der Waals surface area contributed by atoms with Crippen LogP contribution in [0.3, 0.4) is 0 Å². The van der Waals surface area contributed by atoms with Crippen molar-refractivity contribution in [3.63, 3.8) is 0 Å². The molecule has 30 heavy (non-hydrogen) atoms. The van der Waals surface area contributed by atoms with Crippen LogP contribution in [0.4, 0.5) is 0 Å². The fraction of sp³-hybridized carbons (Fsp3) is 0.476. The summed E-state index contributed by atoms with van der Waals surface area (Å²) in [6.07, 6.45) is 0.149. The second-order valence-electron chi connectivity index (χ2n) is 7.07. The molecule has 0 spiro atoms. The molecule has 0 saturated carbocycles. The van der Waals surface area contributed by atoms with Crippen LogP contribution in [0, 0.1) is 5.92 Å². The van der Waals surface area contributed by atoms with E-state index in [1.807, 2.05) is 23.6 Å². The number of nitrogens with one attached hydrogen (secondary N) is 1. The van der Waals surface area contributed by atoms with Crippen LogP contribution in [0.1, 0.15) is 38.1 Å². The molecule has 0 radical (unpaired) electrons. The normalized spacial score (nSPS) is 13.7. The second kappa shape index (κ2) is 10.7. The summed E-state index contributed by atoms with van der Waals surface area (Å²) in [4.78, 5) is 28.5. The number of nitrogens with zero attached hydrogens (tertiary/aromatic N) is 1. The number of carbonyl (C=O) groups excluding carboxylic acids is 2. The Bertz CT molecular complexity index is 884. The first kappa shape index (κ1) is 22.4. The summed E-state index contributed by atoms with van der Waals surface area (Å²) in [6.45, 7) is 7.33. The standard InChI is InChI=1S/C21H26N2O5S2/c1-4-26-19(25)10-15-11-29-21(22-15)30-12-18(24)23-20(13(2)3)14-5-6-16-17(9-14)28-8-7-27-16/h5-6,9,11,13,20H,4,7-8,10,12H2,1-3H3,(H,23,24)/t20-/m0/s1. The minimum absolute atomic E-state index is 0.0734. The number of amides is 1. The van der Waals surface area contributed by atoms with E-state index in [0.29, 0.717) is 31.3 Å². The molecule has 1 amide bonds. The van der Waals surface area contributed by atoms with E-state index >= 15 is 0 Å². The molecular weight excluding hydrogens is 424 g/mol. The lowest BCUT2D eigenvalue weighted by Crippen LogP contribution is -2.33. The minimum atomic E-state index is -0.295. The predicted octanol–water partition coefficient (Wildman–Crippen LogP) is 3.63. The van der Waals surface area contributed by atoms with Crippen molar-refractivity contribution in [2.24, 2.45) is 5.92 Å². The summed E-state index contributed by atoms with van der Waals surface area (Å²) in [5.74, 6) is 1.53. The van der Waals surface area contributed by atoms with E-state index in [1.165, 1.54) is 23.1 Å². The number of hydrogen-bond donors (Lipinski definition) is 1. The number of esters is 1. The smallest absolute Gasteiger partial charge is 0.311 e. The Morgan fingerprint density at radius 2 is 2.03 bits per heavy atom. The lowest BCUT2D eigenvalue weighted by Gasteiger charge is -2.25. The number of thioether (sulfide) groups is 1. The van der Waals surface area contributed by atoms with Gasteiger partial charge in [0.15, 0.2) is 15.8 Å². The molecule has 2 heterocycles. The summed E-state index contributed by atoms with van der Waals surface area (Å²) in [5.41, 5.74) is 1.65. The maximum atomic E-state index is 12.6. The Kier molecular flexibility index (Phi) is 7.98. The first-order chi connectivity index (χ1) is 14.5. The average molecular weight is 451 g/mol. The molecular formula is C21H26N2O5S2. The van der Waals surface area contributed by atoms with Gasteiger partial charge in [0, 0.05) is 5.38 Å². The van der Waals surface area contributed by atoms with Crippen LogP contribution in [0.25, 0.3) is 0 Å². The highest BCUT2D eigenvalue weighted by molar-refractivity contribution is 8.01. The van der Waals surface area contributed by atoms with Crippen LogP contribution in [0.15, 0.2) is 27.9 Å². The van der Waals surface area contributed by atoms with Gasteiger partial charge in [0.1, 0.15) is 13.2 Å². The summed E-state index contributed by atoms with van der Waals surface area (Å²) in [6, 6.07) is 5.66. The molecule has 2 aromatic rings. The molecule has 7 nitrogen and oxygen atoms in total. The fourth-order valence-electron chi connectivity index (χ4n) is 3.03. The van der Waals surface area contributed by atoms with Gasteiger partial charge < -0.3 is 19.5 Å². The van der Waals surface area contributed by atoms with Gasteiger partial charge in [-0.1, -0.05) is 31.7 Å². The van der Waals surface area contributed by atoms with Crippen molar-refractivity contribution in [3.05, 3.63) is 34.8 Å². The molecule has 1 N–H and O–H groups in total. The van der Waals surface area contributed by atoms with E-state index < -0.39 is 0 Å². The van der Waals surface area contributed by atoms with Gasteiger partial charge >= 0.3 is 5.97 Å². The van der Waals surface area contributed by atoms with Crippen LogP contribution in [0.5, 0.6) is 11.5 Å². The van der Waals surface area contributed by atoms with Crippen molar-refractivity contribution in [2.45, 2.75) is 37.6 Å². The van der Waals surface area contributed by atoms with Crippen molar-refractivity contribution in [1.82, 2.24) is 10.3 Å². The van der Waals surface area contributed by atoms with Gasteiger partial charge in [0.2, 0.25) is 5.91 Å². The lowest BCUT2D eigenvalue weighted by molar-refractivity contribution is -0.142. The number of ether oxygens (including phenoxy) is 3. The van der Waals surface area contributed by atoms with Gasteiger partial charge in [-0.3, -0.25) is 9.59 Å². The van der Waals surface area contributed by atoms with Gasteiger partial charge in [0.25, 0.3) is 0 Å². The molecule has 1 atom stereocenters. The van der Waals surface area contributed by atoms with E-state index in [1.54, 1.807) is 6.92 Å². The zero-order valence-corrected chi connectivity index (χ0v) is 18.9. The van der Waals surface area contributed by atoms with E-state index in [-0.39, 0.29) is 36.0 Å². The number of aromatic nitrogens is 1. The topological polar surface area (TPSA) is 86.8 Å². The first-order valence-corrected chi connectivity index (χ1v) is 11.7. The van der Waals surface area contributed by atoms with E-state index in [0.717, 1.165) is 15.7 Å². The second-order valence-corrected chi connectivity index (χ2v) is 9.15. The number of rotatable bonds is 9. The fourth-order valence-corrected chi connectivity index (χ4v) is 4.68. The predicted molar refractivity (Wildman–Crippen MR) is 116 cm³/mol. The van der Waals surface area contributed by atoms with Crippen molar-refractivity contribution in [1.29, 1.82) is 0 Å². The Morgan fingerprint density at radius 3 is 2.77 bits per heavy atom.